The molecular formula is C11H14O3. The Morgan fingerprint density at radius 3 is 2.93 bits per heavy atom. The van der Waals surface area contributed by atoms with Gasteiger partial charge in [0.1, 0.15) is 0 Å². The van der Waals surface area contributed by atoms with Crippen LogP contribution in [0.2, 0.25) is 0 Å². The van der Waals surface area contributed by atoms with Crippen molar-refractivity contribution in [1.29, 1.82) is 0 Å². The van der Waals surface area contributed by atoms with Crippen LogP contribution in [0.25, 0.3) is 0 Å². The van der Waals surface area contributed by atoms with E-state index in [1.54, 1.807) is 6.92 Å². The van der Waals surface area contributed by atoms with Gasteiger partial charge in [0.05, 0.1) is 6.10 Å². The van der Waals surface area contributed by atoms with E-state index in [4.69, 9.17) is 9.47 Å². The van der Waals surface area contributed by atoms with Gasteiger partial charge in [0, 0.05) is 12.0 Å². The first-order valence-corrected chi connectivity index (χ1v) is 4.74. The molecule has 0 radical (unpaired) electrons. The third-order valence-electron chi connectivity index (χ3n) is 2.21. The molecule has 1 atom stereocenters. The Morgan fingerprint density at radius 1 is 1.43 bits per heavy atom. The predicted molar refractivity (Wildman–Crippen MR) is 52.7 cm³/mol. The number of ether oxygens (including phenoxy) is 2. The molecule has 2 rings (SSSR count). The van der Waals surface area contributed by atoms with Gasteiger partial charge in [0.2, 0.25) is 6.79 Å². The van der Waals surface area contributed by atoms with Gasteiger partial charge in [-0.1, -0.05) is 6.07 Å². The van der Waals surface area contributed by atoms with Gasteiger partial charge in [-0.15, -0.1) is 0 Å². The summed E-state index contributed by atoms with van der Waals surface area (Å²) < 4.78 is 10.6. The maximum absolute atomic E-state index is 9.33. The average Bonchev–Trinajstić information content (AvgIpc) is 2.50. The van der Waals surface area contributed by atoms with E-state index in [0.29, 0.717) is 6.42 Å². The van der Waals surface area contributed by atoms with E-state index in [1.807, 2.05) is 19.1 Å². The van der Waals surface area contributed by atoms with Crippen molar-refractivity contribution in [2.24, 2.45) is 0 Å². The highest BCUT2D eigenvalue weighted by Crippen LogP contribution is 2.37. The molecular weight excluding hydrogens is 180 g/mol. The lowest BCUT2D eigenvalue weighted by Gasteiger charge is -2.08. The van der Waals surface area contributed by atoms with Gasteiger partial charge in [0.15, 0.2) is 11.5 Å². The zero-order valence-electron chi connectivity index (χ0n) is 8.41. The summed E-state index contributed by atoms with van der Waals surface area (Å²) in [4.78, 5) is 0. The quantitative estimate of drug-likeness (QED) is 0.778. The number of aliphatic hydroxyl groups is 1. The molecule has 76 valence electrons. The van der Waals surface area contributed by atoms with Crippen LogP contribution in [0.3, 0.4) is 0 Å². The first-order chi connectivity index (χ1) is 6.66. The van der Waals surface area contributed by atoms with E-state index >= 15 is 0 Å². The minimum Gasteiger partial charge on any atom is -0.454 e. The number of rotatable bonds is 2. The van der Waals surface area contributed by atoms with Crippen LogP contribution in [0.4, 0.5) is 0 Å². The van der Waals surface area contributed by atoms with Crippen molar-refractivity contribution >= 4 is 0 Å². The van der Waals surface area contributed by atoms with Crippen molar-refractivity contribution in [3.8, 4) is 11.5 Å². The van der Waals surface area contributed by atoms with E-state index in [0.717, 1.165) is 22.6 Å². The SMILES string of the molecule is Cc1cc(CC(C)O)c2c(c1)OCO2. The van der Waals surface area contributed by atoms with E-state index in [9.17, 15) is 5.11 Å². The summed E-state index contributed by atoms with van der Waals surface area (Å²) in [6.07, 6.45) is 0.248. The molecule has 1 N–H and O–H groups in total. The summed E-state index contributed by atoms with van der Waals surface area (Å²) in [5, 5.41) is 9.33. The Hall–Kier alpha value is -1.22. The summed E-state index contributed by atoms with van der Waals surface area (Å²) in [6, 6.07) is 3.98. The van der Waals surface area contributed by atoms with Crippen LogP contribution in [0.1, 0.15) is 18.1 Å². The van der Waals surface area contributed by atoms with Crippen LogP contribution >= 0.6 is 0 Å². The second-order valence-corrected chi connectivity index (χ2v) is 3.71. The highest BCUT2D eigenvalue weighted by atomic mass is 16.7. The fraction of sp³-hybridized carbons (Fsp3) is 0.455. The van der Waals surface area contributed by atoms with Crippen molar-refractivity contribution < 1.29 is 14.6 Å². The minimum atomic E-state index is -0.356. The van der Waals surface area contributed by atoms with Crippen LogP contribution in [0.5, 0.6) is 11.5 Å². The molecule has 14 heavy (non-hydrogen) atoms. The first-order valence-electron chi connectivity index (χ1n) is 4.74. The third kappa shape index (κ3) is 1.68. The van der Waals surface area contributed by atoms with Gasteiger partial charge in [-0.3, -0.25) is 0 Å². The highest BCUT2D eigenvalue weighted by Gasteiger charge is 2.18. The van der Waals surface area contributed by atoms with Crippen LogP contribution in [0, 0.1) is 6.92 Å². The van der Waals surface area contributed by atoms with Gasteiger partial charge in [-0.25, -0.2) is 0 Å². The summed E-state index contributed by atoms with van der Waals surface area (Å²) in [5.74, 6) is 1.58. The smallest absolute Gasteiger partial charge is 0.231 e. The normalized spacial score (nSPS) is 15.6. The van der Waals surface area contributed by atoms with Gasteiger partial charge in [-0.2, -0.15) is 0 Å². The molecule has 3 heteroatoms. The van der Waals surface area contributed by atoms with Crippen LogP contribution < -0.4 is 9.47 Å². The summed E-state index contributed by atoms with van der Waals surface area (Å²) in [7, 11) is 0. The zero-order valence-corrected chi connectivity index (χ0v) is 8.41. The minimum absolute atomic E-state index is 0.283. The lowest BCUT2D eigenvalue weighted by Crippen LogP contribution is -2.05. The summed E-state index contributed by atoms with van der Waals surface area (Å²) >= 11 is 0. The number of aliphatic hydroxyl groups excluding tert-OH is 1. The second-order valence-electron chi connectivity index (χ2n) is 3.71. The number of hydrogen-bond acceptors (Lipinski definition) is 3. The fourth-order valence-electron chi connectivity index (χ4n) is 1.71. The van der Waals surface area contributed by atoms with Gasteiger partial charge in [-0.05, 0) is 25.5 Å². The van der Waals surface area contributed by atoms with E-state index in [2.05, 4.69) is 0 Å². The predicted octanol–water partition coefficient (Wildman–Crippen LogP) is 1.65. The molecule has 1 aliphatic heterocycles. The molecule has 0 amide bonds. The van der Waals surface area contributed by atoms with Crippen molar-refractivity contribution in [2.75, 3.05) is 6.79 Å². The Bertz CT molecular complexity index is 345. The monoisotopic (exact) mass is 194 g/mol. The molecule has 0 aliphatic carbocycles. The van der Waals surface area contributed by atoms with E-state index < -0.39 is 0 Å². The third-order valence-corrected chi connectivity index (χ3v) is 2.21. The Kier molecular flexibility index (Phi) is 2.33. The molecule has 1 aromatic rings. The molecule has 1 heterocycles. The molecule has 1 aliphatic rings. The number of hydrogen-bond donors (Lipinski definition) is 1. The molecule has 0 fully saturated rings. The summed E-state index contributed by atoms with van der Waals surface area (Å²) in [5.41, 5.74) is 2.15. The number of benzene rings is 1. The molecule has 0 spiro atoms. The lowest BCUT2D eigenvalue weighted by molar-refractivity contribution is 0.170. The van der Waals surface area contributed by atoms with Crippen molar-refractivity contribution in [2.45, 2.75) is 26.4 Å². The largest absolute Gasteiger partial charge is 0.454 e. The topological polar surface area (TPSA) is 38.7 Å². The standard InChI is InChI=1S/C11H14O3/c1-7-3-9(5-8(2)12)11-10(4-7)13-6-14-11/h3-4,8,12H,5-6H2,1-2H3. The zero-order chi connectivity index (χ0) is 10.1. The van der Waals surface area contributed by atoms with Gasteiger partial charge in [0.25, 0.3) is 0 Å². The Morgan fingerprint density at radius 2 is 2.21 bits per heavy atom. The molecule has 0 aromatic heterocycles. The average molecular weight is 194 g/mol. The van der Waals surface area contributed by atoms with Crippen molar-refractivity contribution in [3.05, 3.63) is 23.3 Å². The fourth-order valence-corrected chi connectivity index (χ4v) is 1.71. The van der Waals surface area contributed by atoms with Crippen molar-refractivity contribution in [1.82, 2.24) is 0 Å². The van der Waals surface area contributed by atoms with Crippen LogP contribution in [-0.4, -0.2) is 18.0 Å². The molecule has 0 bridgehead atoms. The summed E-state index contributed by atoms with van der Waals surface area (Å²) in [6.45, 7) is 4.06. The molecule has 3 nitrogen and oxygen atoms in total. The van der Waals surface area contributed by atoms with Crippen LogP contribution in [-0.2, 0) is 6.42 Å². The van der Waals surface area contributed by atoms with Crippen molar-refractivity contribution in [3.63, 3.8) is 0 Å². The Balaban J connectivity index is 2.38. The Labute approximate surface area is 83.3 Å². The maximum Gasteiger partial charge on any atom is 0.231 e. The van der Waals surface area contributed by atoms with Gasteiger partial charge >= 0.3 is 0 Å². The van der Waals surface area contributed by atoms with E-state index in [1.165, 1.54) is 0 Å². The number of fused-ring (bicyclic) bond motifs is 1. The second kappa shape index (κ2) is 3.50. The molecule has 0 saturated carbocycles. The molecule has 0 saturated heterocycles. The maximum atomic E-state index is 9.33. The lowest BCUT2D eigenvalue weighted by atomic mass is 10.0. The highest BCUT2D eigenvalue weighted by molar-refractivity contribution is 5.50. The molecule has 1 unspecified atom stereocenters. The van der Waals surface area contributed by atoms with Crippen LogP contribution in [0.15, 0.2) is 12.1 Å². The molecule has 1 aromatic carbocycles. The first kappa shape index (κ1) is 9.34. The van der Waals surface area contributed by atoms with Gasteiger partial charge < -0.3 is 14.6 Å². The number of aryl methyl sites for hydroxylation is 1. The van der Waals surface area contributed by atoms with E-state index in [-0.39, 0.29) is 12.9 Å².